The van der Waals surface area contributed by atoms with Gasteiger partial charge in [-0.15, -0.1) is 0 Å². The molecule has 0 spiro atoms. The molecule has 0 aromatic carbocycles. The van der Waals surface area contributed by atoms with Gasteiger partial charge in [0.15, 0.2) is 5.69 Å². The molecule has 31 heavy (non-hydrogen) atoms. The standard InChI is InChI=1S/C23H35N5O3/c1-15-9-11-17(12-10-15)24-20(29)18-13-19-21(30)27(3)23(2,14-28(19)26-18)22(31)25-16-7-5-4-6-8-16/h13,15-17H,4-12,14H2,1-3H3,(H,24,29)(H,25,31). The average Bonchev–Trinajstić information content (AvgIpc) is 3.18. The molecule has 0 saturated heterocycles. The van der Waals surface area contributed by atoms with E-state index in [1.165, 1.54) is 16.0 Å². The van der Waals surface area contributed by atoms with Crippen molar-refractivity contribution in [1.82, 2.24) is 25.3 Å². The molecule has 1 atom stereocenters. The molecule has 0 radical (unpaired) electrons. The van der Waals surface area contributed by atoms with Gasteiger partial charge in [0.1, 0.15) is 11.2 Å². The Bertz CT molecular complexity index is 851. The third-order valence-corrected chi connectivity index (χ3v) is 7.51. The normalized spacial score (nSPS) is 29.4. The van der Waals surface area contributed by atoms with Crippen molar-refractivity contribution >= 4 is 17.7 Å². The minimum absolute atomic E-state index is 0.154. The number of aromatic nitrogens is 2. The summed E-state index contributed by atoms with van der Waals surface area (Å²) in [6.07, 6.45) is 9.60. The number of nitrogens with zero attached hydrogens (tertiary/aromatic N) is 3. The lowest BCUT2D eigenvalue weighted by molar-refractivity contribution is -0.133. The van der Waals surface area contributed by atoms with Crippen LogP contribution in [0.5, 0.6) is 0 Å². The molecule has 1 aliphatic heterocycles. The number of fused-ring (bicyclic) bond motifs is 1. The quantitative estimate of drug-likeness (QED) is 0.769. The predicted molar refractivity (Wildman–Crippen MR) is 117 cm³/mol. The van der Waals surface area contributed by atoms with Gasteiger partial charge in [0.2, 0.25) is 5.91 Å². The second-order valence-electron chi connectivity index (χ2n) is 9.95. The molecule has 2 N–H and O–H groups in total. The third-order valence-electron chi connectivity index (χ3n) is 7.51. The lowest BCUT2D eigenvalue weighted by Gasteiger charge is -2.41. The number of carbonyl (C=O) groups is 3. The number of hydrogen-bond donors (Lipinski definition) is 2. The zero-order chi connectivity index (χ0) is 22.2. The lowest BCUT2D eigenvalue weighted by atomic mass is 9.87. The molecule has 170 valence electrons. The number of likely N-dealkylation sites (N-methyl/N-ethyl adjacent to an activating group) is 1. The van der Waals surface area contributed by atoms with Crippen molar-refractivity contribution in [3.8, 4) is 0 Å². The van der Waals surface area contributed by atoms with E-state index in [9.17, 15) is 14.4 Å². The Morgan fingerprint density at radius 3 is 2.35 bits per heavy atom. The molecule has 2 fully saturated rings. The van der Waals surface area contributed by atoms with E-state index in [2.05, 4.69) is 22.7 Å². The first-order chi connectivity index (χ1) is 14.8. The smallest absolute Gasteiger partial charge is 0.272 e. The summed E-state index contributed by atoms with van der Waals surface area (Å²) in [7, 11) is 1.65. The molecule has 8 heteroatoms. The number of hydrogen-bond acceptors (Lipinski definition) is 4. The molecular formula is C23H35N5O3. The zero-order valence-electron chi connectivity index (χ0n) is 18.9. The van der Waals surface area contributed by atoms with Crippen molar-refractivity contribution in [3.05, 3.63) is 17.5 Å². The second kappa shape index (κ2) is 8.63. The van der Waals surface area contributed by atoms with Gasteiger partial charge in [-0.3, -0.25) is 19.1 Å². The van der Waals surface area contributed by atoms with Crippen molar-refractivity contribution < 1.29 is 14.4 Å². The van der Waals surface area contributed by atoms with Gasteiger partial charge in [-0.05, 0) is 51.4 Å². The molecule has 3 amide bonds. The van der Waals surface area contributed by atoms with Crippen LogP contribution in [0.4, 0.5) is 0 Å². The lowest BCUT2D eigenvalue weighted by Crippen LogP contribution is -2.63. The summed E-state index contributed by atoms with van der Waals surface area (Å²) in [6, 6.07) is 1.88. The van der Waals surface area contributed by atoms with Crippen LogP contribution >= 0.6 is 0 Å². The number of carbonyl (C=O) groups excluding carboxylic acids is 3. The Hall–Kier alpha value is -2.38. The Balaban J connectivity index is 1.47. The van der Waals surface area contributed by atoms with E-state index < -0.39 is 5.54 Å². The van der Waals surface area contributed by atoms with Gasteiger partial charge in [0.05, 0.1) is 6.54 Å². The maximum Gasteiger partial charge on any atom is 0.272 e. The molecule has 1 aromatic heterocycles. The van der Waals surface area contributed by atoms with Crippen LogP contribution in [0.1, 0.15) is 92.6 Å². The molecule has 3 aliphatic rings. The van der Waals surface area contributed by atoms with E-state index >= 15 is 0 Å². The van der Waals surface area contributed by atoms with E-state index in [1.807, 2.05) is 0 Å². The number of rotatable bonds is 4. The van der Waals surface area contributed by atoms with Crippen LogP contribution in [0, 0.1) is 5.92 Å². The van der Waals surface area contributed by atoms with Crippen LogP contribution in [0.15, 0.2) is 6.07 Å². The van der Waals surface area contributed by atoms with Crippen LogP contribution < -0.4 is 10.6 Å². The van der Waals surface area contributed by atoms with Crippen LogP contribution in [0.3, 0.4) is 0 Å². The average molecular weight is 430 g/mol. The van der Waals surface area contributed by atoms with Crippen LogP contribution in [0.2, 0.25) is 0 Å². The zero-order valence-corrected chi connectivity index (χ0v) is 18.9. The van der Waals surface area contributed by atoms with E-state index in [0.717, 1.165) is 51.4 Å². The van der Waals surface area contributed by atoms with Gasteiger partial charge in [-0.2, -0.15) is 5.10 Å². The first kappa shape index (κ1) is 21.8. The minimum atomic E-state index is -1.04. The largest absolute Gasteiger partial charge is 0.351 e. The molecule has 0 bridgehead atoms. The van der Waals surface area contributed by atoms with Crippen molar-refractivity contribution in [1.29, 1.82) is 0 Å². The van der Waals surface area contributed by atoms with Crippen molar-refractivity contribution in [2.45, 2.75) is 95.8 Å². The van der Waals surface area contributed by atoms with E-state index in [1.54, 1.807) is 20.0 Å². The van der Waals surface area contributed by atoms with Crippen LogP contribution in [-0.2, 0) is 11.3 Å². The van der Waals surface area contributed by atoms with Crippen molar-refractivity contribution in [3.63, 3.8) is 0 Å². The first-order valence-corrected chi connectivity index (χ1v) is 11.8. The first-order valence-electron chi connectivity index (χ1n) is 11.8. The molecule has 2 aliphatic carbocycles. The van der Waals surface area contributed by atoms with Gasteiger partial charge in [-0.25, -0.2) is 0 Å². The fourth-order valence-electron chi connectivity index (χ4n) is 5.09. The number of nitrogens with one attached hydrogen (secondary N) is 2. The van der Waals surface area contributed by atoms with E-state index in [0.29, 0.717) is 11.6 Å². The minimum Gasteiger partial charge on any atom is -0.351 e. The maximum atomic E-state index is 13.2. The summed E-state index contributed by atoms with van der Waals surface area (Å²) in [4.78, 5) is 40.5. The summed E-state index contributed by atoms with van der Waals surface area (Å²) in [6.45, 7) is 4.25. The monoisotopic (exact) mass is 429 g/mol. The molecule has 4 rings (SSSR count). The third kappa shape index (κ3) is 4.34. The summed E-state index contributed by atoms with van der Waals surface area (Å²) >= 11 is 0. The molecule has 2 saturated carbocycles. The van der Waals surface area contributed by atoms with Crippen LogP contribution in [0.25, 0.3) is 0 Å². The SMILES string of the molecule is CC1CCC(NC(=O)c2cc3n(n2)CC(C)(C(=O)NC2CCCCC2)N(C)C3=O)CC1. The van der Waals surface area contributed by atoms with Gasteiger partial charge >= 0.3 is 0 Å². The van der Waals surface area contributed by atoms with Crippen molar-refractivity contribution in [2.75, 3.05) is 7.05 Å². The Morgan fingerprint density at radius 2 is 1.68 bits per heavy atom. The molecular weight excluding hydrogens is 394 g/mol. The van der Waals surface area contributed by atoms with Gasteiger partial charge in [0.25, 0.3) is 11.8 Å². The molecule has 1 unspecified atom stereocenters. The second-order valence-corrected chi connectivity index (χ2v) is 9.95. The van der Waals surface area contributed by atoms with Crippen LogP contribution in [-0.4, -0.2) is 57.1 Å². The fourth-order valence-corrected chi connectivity index (χ4v) is 5.09. The Labute approximate surface area is 184 Å². The Kier molecular flexibility index (Phi) is 6.08. The Morgan fingerprint density at radius 1 is 1.03 bits per heavy atom. The highest BCUT2D eigenvalue weighted by Crippen LogP contribution is 2.28. The highest BCUT2D eigenvalue weighted by Gasteiger charge is 2.46. The van der Waals surface area contributed by atoms with Gasteiger partial charge in [-0.1, -0.05) is 26.2 Å². The summed E-state index contributed by atoms with van der Waals surface area (Å²) in [5.74, 6) is 0.0215. The molecule has 8 nitrogen and oxygen atoms in total. The highest BCUT2D eigenvalue weighted by atomic mass is 16.2. The van der Waals surface area contributed by atoms with Crippen molar-refractivity contribution in [2.24, 2.45) is 5.92 Å². The fraction of sp³-hybridized carbons (Fsp3) is 0.739. The topological polar surface area (TPSA) is 96.3 Å². The molecule has 2 heterocycles. The predicted octanol–water partition coefficient (Wildman–Crippen LogP) is 2.48. The maximum absolute atomic E-state index is 13.2. The summed E-state index contributed by atoms with van der Waals surface area (Å²) in [5.41, 5.74) is -0.443. The van der Waals surface area contributed by atoms with Gasteiger partial charge in [0, 0.05) is 25.2 Å². The summed E-state index contributed by atoms with van der Waals surface area (Å²) < 4.78 is 1.53. The number of amides is 3. The van der Waals surface area contributed by atoms with E-state index in [4.69, 9.17) is 0 Å². The van der Waals surface area contributed by atoms with E-state index in [-0.39, 0.29) is 42.0 Å². The summed E-state index contributed by atoms with van der Waals surface area (Å²) in [5, 5.41) is 10.6. The highest BCUT2D eigenvalue weighted by molar-refractivity contribution is 6.01. The molecule has 1 aromatic rings. The van der Waals surface area contributed by atoms with Gasteiger partial charge < -0.3 is 15.5 Å².